The standard InChI is InChI=1S/C16H17BrN4O2/c1-3-21-14-12(9-23-16(21)22)8-18-15(20-14)19-10(2)11-4-6-13(17)7-5-11/h4-8,10H,3,9H2,1-2H3,(H,18,19,20). The molecule has 0 aliphatic carbocycles. The number of nitrogens with zero attached hydrogens (tertiary/aromatic N) is 3. The first-order chi connectivity index (χ1) is 11.1. The maximum Gasteiger partial charge on any atom is 0.415 e. The van der Waals surface area contributed by atoms with E-state index in [9.17, 15) is 4.79 Å². The maximum atomic E-state index is 11.8. The average molecular weight is 377 g/mol. The van der Waals surface area contributed by atoms with Crippen molar-refractivity contribution in [2.45, 2.75) is 26.5 Å². The number of halogens is 1. The number of hydrogen-bond donors (Lipinski definition) is 1. The summed E-state index contributed by atoms with van der Waals surface area (Å²) in [5.74, 6) is 1.11. The Morgan fingerprint density at radius 2 is 2.13 bits per heavy atom. The first kappa shape index (κ1) is 15.7. The number of nitrogens with one attached hydrogen (secondary N) is 1. The van der Waals surface area contributed by atoms with Gasteiger partial charge in [-0.05, 0) is 31.5 Å². The Bertz CT molecular complexity index is 721. The number of rotatable bonds is 4. The van der Waals surface area contributed by atoms with Gasteiger partial charge in [0.15, 0.2) is 0 Å². The SMILES string of the molecule is CCN1C(=O)OCc2cnc(NC(C)c3ccc(Br)cc3)nc21. The Morgan fingerprint density at radius 1 is 1.39 bits per heavy atom. The predicted octanol–water partition coefficient (Wildman–Crippen LogP) is 3.89. The second kappa shape index (κ2) is 6.54. The molecule has 23 heavy (non-hydrogen) atoms. The van der Waals surface area contributed by atoms with Crippen LogP contribution in [0.1, 0.15) is 31.0 Å². The summed E-state index contributed by atoms with van der Waals surface area (Å²) in [6, 6.07) is 8.12. The molecule has 1 unspecified atom stereocenters. The second-order valence-electron chi connectivity index (χ2n) is 5.26. The van der Waals surface area contributed by atoms with Crippen molar-refractivity contribution in [3.8, 4) is 0 Å². The molecule has 0 bridgehead atoms. The summed E-state index contributed by atoms with van der Waals surface area (Å²) in [4.78, 5) is 22.1. The first-order valence-electron chi connectivity index (χ1n) is 7.40. The molecular formula is C16H17BrN4O2. The fraction of sp³-hybridized carbons (Fsp3) is 0.312. The van der Waals surface area contributed by atoms with E-state index < -0.39 is 0 Å². The van der Waals surface area contributed by atoms with Crippen LogP contribution in [0.15, 0.2) is 34.9 Å². The number of carbonyl (C=O) groups excluding carboxylic acids is 1. The number of anilines is 2. The zero-order valence-electron chi connectivity index (χ0n) is 12.9. The lowest BCUT2D eigenvalue weighted by Gasteiger charge is -2.27. The molecule has 120 valence electrons. The van der Waals surface area contributed by atoms with Crippen LogP contribution in [0.3, 0.4) is 0 Å². The van der Waals surface area contributed by atoms with Crippen molar-refractivity contribution in [2.75, 3.05) is 16.8 Å². The van der Waals surface area contributed by atoms with Gasteiger partial charge in [-0.25, -0.2) is 9.78 Å². The smallest absolute Gasteiger partial charge is 0.415 e. The molecule has 0 radical (unpaired) electrons. The Kier molecular flexibility index (Phi) is 4.47. The molecule has 0 saturated carbocycles. The number of fused-ring (bicyclic) bond motifs is 1. The third kappa shape index (κ3) is 3.29. The fourth-order valence-electron chi connectivity index (χ4n) is 2.41. The Hall–Kier alpha value is -2.15. The summed E-state index contributed by atoms with van der Waals surface area (Å²) in [7, 11) is 0. The molecule has 1 aromatic carbocycles. The van der Waals surface area contributed by atoms with Crippen LogP contribution in [0.5, 0.6) is 0 Å². The molecule has 1 aromatic heterocycles. The van der Waals surface area contributed by atoms with Crippen molar-refractivity contribution in [3.05, 3.63) is 46.1 Å². The highest BCUT2D eigenvalue weighted by Crippen LogP contribution is 2.26. The highest BCUT2D eigenvalue weighted by atomic mass is 79.9. The van der Waals surface area contributed by atoms with Gasteiger partial charge in [-0.15, -0.1) is 0 Å². The van der Waals surface area contributed by atoms with Gasteiger partial charge in [-0.1, -0.05) is 28.1 Å². The van der Waals surface area contributed by atoms with Gasteiger partial charge in [0.25, 0.3) is 0 Å². The lowest BCUT2D eigenvalue weighted by molar-refractivity contribution is 0.141. The van der Waals surface area contributed by atoms with Crippen LogP contribution >= 0.6 is 15.9 Å². The van der Waals surface area contributed by atoms with E-state index in [1.54, 1.807) is 6.20 Å². The van der Waals surface area contributed by atoms with Gasteiger partial charge in [0.1, 0.15) is 12.4 Å². The topological polar surface area (TPSA) is 67.4 Å². The number of carbonyl (C=O) groups is 1. The Labute approximate surface area is 143 Å². The molecule has 1 aliphatic heterocycles. The summed E-state index contributed by atoms with van der Waals surface area (Å²) in [6.07, 6.45) is 1.33. The maximum absolute atomic E-state index is 11.8. The minimum absolute atomic E-state index is 0.0479. The zero-order chi connectivity index (χ0) is 16.4. The molecule has 0 spiro atoms. The van der Waals surface area contributed by atoms with Crippen molar-refractivity contribution < 1.29 is 9.53 Å². The minimum Gasteiger partial charge on any atom is -0.444 e. The molecule has 2 heterocycles. The Morgan fingerprint density at radius 3 is 2.83 bits per heavy atom. The molecule has 7 heteroatoms. The monoisotopic (exact) mass is 376 g/mol. The zero-order valence-corrected chi connectivity index (χ0v) is 14.5. The predicted molar refractivity (Wildman–Crippen MR) is 91.4 cm³/mol. The summed E-state index contributed by atoms with van der Waals surface area (Å²) in [6.45, 7) is 4.64. The Balaban J connectivity index is 1.82. The summed E-state index contributed by atoms with van der Waals surface area (Å²) >= 11 is 3.43. The average Bonchev–Trinajstić information content (AvgIpc) is 2.55. The van der Waals surface area contributed by atoms with Crippen LogP contribution in [0.4, 0.5) is 16.6 Å². The molecule has 1 atom stereocenters. The minimum atomic E-state index is -0.370. The van der Waals surface area contributed by atoms with Crippen LogP contribution in [-0.4, -0.2) is 22.6 Å². The van der Waals surface area contributed by atoms with E-state index in [0.717, 1.165) is 15.6 Å². The highest BCUT2D eigenvalue weighted by Gasteiger charge is 2.26. The van der Waals surface area contributed by atoms with Crippen molar-refractivity contribution in [1.82, 2.24) is 9.97 Å². The largest absolute Gasteiger partial charge is 0.444 e. The highest BCUT2D eigenvalue weighted by molar-refractivity contribution is 9.10. The number of cyclic esters (lactones) is 1. The normalized spacial score (nSPS) is 14.9. The molecule has 1 N–H and O–H groups in total. The number of benzene rings is 1. The first-order valence-corrected chi connectivity index (χ1v) is 8.20. The van der Waals surface area contributed by atoms with E-state index in [-0.39, 0.29) is 18.7 Å². The molecule has 1 amide bonds. The van der Waals surface area contributed by atoms with Crippen molar-refractivity contribution in [2.24, 2.45) is 0 Å². The number of hydrogen-bond acceptors (Lipinski definition) is 5. The molecule has 0 saturated heterocycles. The van der Waals surface area contributed by atoms with Gasteiger partial charge < -0.3 is 10.1 Å². The van der Waals surface area contributed by atoms with E-state index >= 15 is 0 Å². The second-order valence-corrected chi connectivity index (χ2v) is 6.17. The fourth-order valence-corrected chi connectivity index (χ4v) is 2.68. The van der Waals surface area contributed by atoms with Crippen LogP contribution in [0.25, 0.3) is 0 Å². The third-order valence-corrected chi connectivity index (χ3v) is 4.23. The van der Waals surface area contributed by atoms with Gasteiger partial charge in [0.2, 0.25) is 5.95 Å². The van der Waals surface area contributed by atoms with Crippen LogP contribution in [0, 0.1) is 0 Å². The lowest BCUT2D eigenvalue weighted by Crippen LogP contribution is -2.36. The van der Waals surface area contributed by atoms with E-state index in [1.165, 1.54) is 4.90 Å². The van der Waals surface area contributed by atoms with E-state index in [4.69, 9.17) is 4.74 Å². The van der Waals surface area contributed by atoms with Gasteiger partial charge in [-0.3, -0.25) is 4.90 Å². The molecule has 6 nitrogen and oxygen atoms in total. The van der Waals surface area contributed by atoms with Crippen LogP contribution < -0.4 is 10.2 Å². The van der Waals surface area contributed by atoms with E-state index in [2.05, 4.69) is 31.2 Å². The van der Waals surface area contributed by atoms with Gasteiger partial charge in [-0.2, -0.15) is 4.98 Å². The quantitative estimate of drug-likeness (QED) is 0.876. The molecule has 0 fully saturated rings. The lowest BCUT2D eigenvalue weighted by atomic mass is 10.1. The number of aromatic nitrogens is 2. The van der Waals surface area contributed by atoms with Crippen LogP contribution in [0.2, 0.25) is 0 Å². The third-order valence-electron chi connectivity index (χ3n) is 3.70. The van der Waals surface area contributed by atoms with E-state index in [0.29, 0.717) is 18.3 Å². The summed E-state index contributed by atoms with van der Waals surface area (Å²) in [5.41, 5.74) is 1.94. The molecule has 3 rings (SSSR count). The summed E-state index contributed by atoms with van der Waals surface area (Å²) in [5, 5.41) is 3.27. The molecular weight excluding hydrogens is 360 g/mol. The molecule has 2 aromatic rings. The van der Waals surface area contributed by atoms with E-state index in [1.807, 2.05) is 38.1 Å². The number of ether oxygens (including phenoxy) is 1. The van der Waals surface area contributed by atoms with Crippen molar-refractivity contribution >= 4 is 33.8 Å². The van der Waals surface area contributed by atoms with Crippen LogP contribution in [-0.2, 0) is 11.3 Å². The summed E-state index contributed by atoms with van der Waals surface area (Å²) < 4.78 is 6.13. The van der Waals surface area contributed by atoms with Gasteiger partial charge in [0, 0.05) is 17.2 Å². The van der Waals surface area contributed by atoms with Crippen molar-refractivity contribution in [3.63, 3.8) is 0 Å². The van der Waals surface area contributed by atoms with Crippen molar-refractivity contribution in [1.29, 1.82) is 0 Å². The van der Waals surface area contributed by atoms with Gasteiger partial charge >= 0.3 is 6.09 Å². The molecule has 1 aliphatic rings. The number of amides is 1. The van der Waals surface area contributed by atoms with Gasteiger partial charge in [0.05, 0.1) is 11.6 Å².